The minimum atomic E-state index is 0.362. The minimum absolute atomic E-state index is 0.362. The van der Waals surface area contributed by atoms with E-state index in [0.29, 0.717) is 20.0 Å². The average Bonchev–Trinajstić information content (AvgIpc) is 2.19. The molecule has 0 bridgehead atoms. The summed E-state index contributed by atoms with van der Waals surface area (Å²) in [7, 11) is 0. The predicted molar refractivity (Wildman–Crippen MR) is 55.8 cm³/mol. The molecule has 0 atom stereocenters. The Hall–Kier alpha value is -0.380. The van der Waals surface area contributed by atoms with E-state index in [1.165, 1.54) is 5.56 Å². The molecule has 0 aliphatic rings. The van der Waals surface area contributed by atoms with E-state index in [-0.39, 0.29) is 0 Å². The first-order chi connectivity index (χ1) is 6.43. The van der Waals surface area contributed by atoms with Gasteiger partial charge in [-0.2, -0.15) is 0 Å². The summed E-state index contributed by atoms with van der Waals surface area (Å²) < 4.78 is 10.4. The first-order valence-electron chi connectivity index (χ1n) is 4.19. The summed E-state index contributed by atoms with van der Waals surface area (Å²) in [4.78, 5) is 0. The number of rotatable bonds is 6. The zero-order chi connectivity index (χ0) is 9.36. The maximum absolute atomic E-state index is 5.28. The lowest BCUT2D eigenvalue weighted by Gasteiger charge is -2.03. The van der Waals surface area contributed by atoms with E-state index in [0.717, 1.165) is 5.33 Å². The van der Waals surface area contributed by atoms with Crippen LogP contribution in [0.1, 0.15) is 5.56 Å². The van der Waals surface area contributed by atoms with E-state index >= 15 is 0 Å². The third-order valence-electron chi connectivity index (χ3n) is 1.50. The zero-order valence-electron chi connectivity index (χ0n) is 7.41. The van der Waals surface area contributed by atoms with Crippen molar-refractivity contribution in [3.63, 3.8) is 0 Å². The fraction of sp³-hybridized carbons (Fsp3) is 0.400. The maximum atomic E-state index is 5.28. The van der Waals surface area contributed by atoms with Gasteiger partial charge in [-0.25, -0.2) is 0 Å². The van der Waals surface area contributed by atoms with Crippen molar-refractivity contribution in [1.82, 2.24) is 0 Å². The molecule has 0 aliphatic carbocycles. The Balaban J connectivity index is 2.07. The van der Waals surface area contributed by atoms with Crippen molar-refractivity contribution in [2.24, 2.45) is 0 Å². The lowest BCUT2D eigenvalue weighted by atomic mass is 10.2. The lowest BCUT2D eigenvalue weighted by molar-refractivity contribution is -0.0560. The van der Waals surface area contributed by atoms with E-state index in [1.807, 2.05) is 30.3 Å². The highest BCUT2D eigenvalue weighted by Gasteiger charge is 1.90. The molecule has 1 aromatic rings. The van der Waals surface area contributed by atoms with Crippen molar-refractivity contribution in [3.8, 4) is 0 Å². The normalized spacial score (nSPS) is 10.2. The van der Waals surface area contributed by atoms with Gasteiger partial charge in [0.15, 0.2) is 0 Å². The summed E-state index contributed by atoms with van der Waals surface area (Å²) in [5.74, 6) is 0. The molecule has 2 nitrogen and oxygen atoms in total. The molecule has 13 heavy (non-hydrogen) atoms. The van der Waals surface area contributed by atoms with Crippen molar-refractivity contribution < 1.29 is 9.47 Å². The Labute approximate surface area is 87.0 Å². The van der Waals surface area contributed by atoms with Gasteiger partial charge in [-0.05, 0) is 5.56 Å². The van der Waals surface area contributed by atoms with Crippen LogP contribution < -0.4 is 0 Å². The van der Waals surface area contributed by atoms with E-state index in [1.54, 1.807) is 0 Å². The Morgan fingerprint density at radius 2 is 1.85 bits per heavy atom. The van der Waals surface area contributed by atoms with Crippen molar-refractivity contribution in [3.05, 3.63) is 35.9 Å². The predicted octanol–water partition coefficient (Wildman–Crippen LogP) is 2.57. The van der Waals surface area contributed by atoms with Gasteiger partial charge in [-0.15, -0.1) is 0 Å². The van der Waals surface area contributed by atoms with Gasteiger partial charge in [-0.1, -0.05) is 46.3 Å². The molecular formula is C10H13BrO2. The number of ether oxygens (including phenoxy) is 2. The summed E-state index contributed by atoms with van der Waals surface area (Å²) in [5, 5.41) is 0.849. The fourth-order valence-electron chi connectivity index (χ4n) is 0.906. The van der Waals surface area contributed by atoms with Gasteiger partial charge in [-0.3, -0.25) is 0 Å². The molecule has 0 aliphatic heterocycles. The number of hydrogen-bond acceptors (Lipinski definition) is 2. The molecule has 0 aromatic heterocycles. The van der Waals surface area contributed by atoms with Crippen LogP contribution in [0, 0.1) is 0 Å². The second-order valence-corrected chi connectivity index (χ2v) is 3.34. The van der Waals surface area contributed by atoms with Crippen LogP contribution in [0.15, 0.2) is 30.3 Å². The third kappa shape index (κ3) is 5.03. The average molecular weight is 245 g/mol. The van der Waals surface area contributed by atoms with Gasteiger partial charge in [0.2, 0.25) is 0 Å². The Kier molecular flexibility index (Phi) is 5.81. The molecule has 0 saturated carbocycles. The first-order valence-corrected chi connectivity index (χ1v) is 5.31. The fourth-order valence-corrected chi connectivity index (χ4v) is 1.14. The zero-order valence-corrected chi connectivity index (χ0v) is 9.00. The Morgan fingerprint density at radius 1 is 1.08 bits per heavy atom. The summed E-state index contributed by atoms with van der Waals surface area (Å²) in [6.07, 6.45) is 0. The standard InChI is InChI=1S/C10H13BrO2/c11-6-7-12-9-13-8-10-4-2-1-3-5-10/h1-5H,6-9H2. The van der Waals surface area contributed by atoms with Crippen LogP contribution in [0.4, 0.5) is 0 Å². The molecule has 1 rings (SSSR count). The van der Waals surface area contributed by atoms with Crippen molar-refractivity contribution in [1.29, 1.82) is 0 Å². The summed E-state index contributed by atoms with van der Waals surface area (Å²) in [6, 6.07) is 10.1. The lowest BCUT2D eigenvalue weighted by Crippen LogP contribution is -2.02. The van der Waals surface area contributed by atoms with Gasteiger partial charge in [0, 0.05) is 5.33 Å². The van der Waals surface area contributed by atoms with Crippen LogP contribution >= 0.6 is 15.9 Å². The van der Waals surface area contributed by atoms with E-state index in [9.17, 15) is 0 Å². The molecule has 3 heteroatoms. The molecule has 0 heterocycles. The number of hydrogen-bond donors (Lipinski definition) is 0. The molecule has 0 radical (unpaired) electrons. The maximum Gasteiger partial charge on any atom is 0.147 e. The van der Waals surface area contributed by atoms with Crippen LogP contribution in [0.25, 0.3) is 0 Å². The highest BCUT2D eigenvalue weighted by molar-refractivity contribution is 9.09. The molecule has 1 aromatic carbocycles. The minimum Gasteiger partial charge on any atom is -0.355 e. The first kappa shape index (κ1) is 10.7. The summed E-state index contributed by atoms with van der Waals surface area (Å²) >= 11 is 3.27. The SMILES string of the molecule is BrCCOCOCc1ccccc1. The van der Waals surface area contributed by atoms with Crippen molar-refractivity contribution >= 4 is 15.9 Å². The summed E-state index contributed by atoms with van der Waals surface area (Å²) in [5.41, 5.74) is 1.17. The monoisotopic (exact) mass is 244 g/mol. The Morgan fingerprint density at radius 3 is 2.54 bits per heavy atom. The van der Waals surface area contributed by atoms with Crippen LogP contribution in [0.2, 0.25) is 0 Å². The number of halogens is 1. The molecule has 0 amide bonds. The van der Waals surface area contributed by atoms with Gasteiger partial charge in [0.1, 0.15) is 6.79 Å². The van der Waals surface area contributed by atoms with E-state index < -0.39 is 0 Å². The highest BCUT2D eigenvalue weighted by Crippen LogP contribution is 2.00. The largest absolute Gasteiger partial charge is 0.355 e. The van der Waals surface area contributed by atoms with Crippen LogP contribution in [0.5, 0.6) is 0 Å². The van der Waals surface area contributed by atoms with E-state index in [2.05, 4.69) is 15.9 Å². The Bertz CT molecular complexity index is 213. The summed E-state index contributed by atoms with van der Waals surface area (Å²) in [6.45, 7) is 1.67. The molecule has 0 spiro atoms. The second kappa shape index (κ2) is 7.06. The molecule has 0 fully saturated rings. The molecular weight excluding hydrogens is 232 g/mol. The van der Waals surface area contributed by atoms with Crippen LogP contribution in [0.3, 0.4) is 0 Å². The molecule has 0 unspecified atom stereocenters. The van der Waals surface area contributed by atoms with Crippen molar-refractivity contribution in [2.45, 2.75) is 6.61 Å². The third-order valence-corrected chi connectivity index (χ3v) is 1.82. The molecule has 0 saturated heterocycles. The number of alkyl halides is 1. The quantitative estimate of drug-likeness (QED) is 0.435. The van der Waals surface area contributed by atoms with Crippen LogP contribution in [-0.2, 0) is 16.1 Å². The smallest absolute Gasteiger partial charge is 0.147 e. The van der Waals surface area contributed by atoms with E-state index in [4.69, 9.17) is 9.47 Å². The van der Waals surface area contributed by atoms with Gasteiger partial charge in [0.05, 0.1) is 13.2 Å². The van der Waals surface area contributed by atoms with Gasteiger partial charge in [0.25, 0.3) is 0 Å². The number of benzene rings is 1. The molecule has 72 valence electrons. The molecule has 0 N–H and O–H groups in total. The van der Waals surface area contributed by atoms with Gasteiger partial charge >= 0.3 is 0 Å². The van der Waals surface area contributed by atoms with Crippen molar-refractivity contribution in [2.75, 3.05) is 18.7 Å². The second-order valence-electron chi connectivity index (χ2n) is 2.55. The van der Waals surface area contributed by atoms with Gasteiger partial charge < -0.3 is 9.47 Å². The highest BCUT2D eigenvalue weighted by atomic mass is 79.9. The topological polar surface area (TPSA) is 18.5 Å². The van der Waals surface area contributed by atoms with Crippen LogP contribution in [-0.4, -0.2) is 18.7 Å².